The van der Waals surface area contributed by atoms with Crippen molar-refractivity contribution in [2.24, 2.45) is 10.8 Å². The van der Waals surface area contributed by atoms with E-state index in [4.69, 9.17) is 4.74 Å². The van der Waals surface area contributed by atoms with Gasteiger partial charge in [0.2, 0.25) is 0 Å². The minimum atomic E-state index is -2.36. The summed E-state index contributed by atoms with van der Waals surface area (Å²) in [6.07, 6.45) is 3.97. The first kappa shape index (κ1) is 18.8. The molecule has 0 bridgehead atoms. The number of halogens is 2. The molecule has 1 spiro atoms. The second-order valence-corrected chi connectivity index (χ2v) is 6.37. The van der Waals surface area contributed by atoms with Crippen molar-refractivity contribution in [2.45, 2.75) is 65.7 Å². The predicted octanol–water partition coefficient (Wildman–Crippen LogP) is 4.59. The second-order valence-electron chi connectivity index (χ2n) is 6.37. The molecule has 0 unspecified atom stereocenters. The van der Waals surface area contributed by atoms with Crippen LogP contribution in [0.3, 0.4) is 0 Å². The normalized spacial score (nSPS) is 27.0. The van der Waals surface area contributed by atoms with Crippen LogP contribution in [-0.2, 0) is 4.74 Å². The van der Waals surface area contributed by atoms with Crippen LogP contribution in [0.5, 0.6) is 0 Å². The predicted molar refractivity (Wildman–Crippen MR) is 83.9 cm³/mol. The first-order chi connectivity index (χ1) is 10.0. The summed E-state index contributed by atoms with van der Waals surface area (Å²) < 4.78 is 31.7. The van der Waals surface area contributed by atoms with Crippen LogP contribution in [0.15, 0.2) is 0 Å². The molecule has 4 heteroatoms. The maximum absolute atomic E-state index is 13.2. The van der Waals surface area contributed by atoms with Gasteiger partial charge in [-0.25, -0.2) is 8.78 Å². The van der Waals surface area contributed by atoms with Crippen molar-refractivity contribution in [3.63, 3.8) is 0 Å². The highest BCUT2D eigenvalue weighted by Crippen LogP contribution is 2.66. The fraction of sp³-hybridized carbons (Fsp3) is 1.00. The third kappa shape index (κ3) is 4.16. The zero-order valence-electron chi connectivity index (χ0n) is 14.5. The van der Waals surface area contributed by atoms with Gasteiger partial charge < -0.3 is 9.64 Å². The largest absolute Gasteiger partial charge is 0.384 e. The van der Waals surface area contributed by atoms with Crippen LogP contribution in [0, 0.1) is 10.8 Å². The van der Waals surface area contributed by atoms with Crippen LogP contribution in [-0.4, -0.2) is 44.2 Å². The Balaban J connectivity index is 0.000000510. The van der Waals surface area contributed by atoms with Gasteiger partial charge in [0, 0.05) is 30.9 Å². The van der Waals surface area contributed by atoms with Crippen LogP contribution < -0.4 is 0 Å². The molecule has 0 amide bonds. The molecule has 1 aliphatic heterocycles. The van der Waals surface area contributed by atoms with Crippen LogP contribution in [0.25, 0.3) is 0 Å². The number of piperidine rings is 1. The van der Waals surface area contributed by atoms with E-state index in [1.54, 1.807) is 7.11 Å². The molecule has 0 radical (unpaired) electrons. The summed E-state index contributed by atoms with van der Waals surface area (Å²) in [5.74, 6) is -2.36. The zero-order valence-corrected chi connectivity index (χ0v) is 14.5. The molecule has 0 aromatic carbocycles. The highest BCUT2D eigenvalue weighted by atomic mass is 19.3. The van der Waals surface area contributed by atoms with Gasteiger partial charge in [0.05, 0.1) is 6.61 Å². The number of hydrogen-bond acceptors (Lipinski definition) is 2. The van der Waals surface area contributed by atoms with E-state index in [1.165, 1.54) is 12.8 Å². The molecule has 0 aromatic rings. The fourth-order valence-electron chi connectivity index (χ4n) is 3.37. The van der Waals surface area contributed by atoms with Gasteiger partial charge in [0.25, 0.3) is 5.92 Å². The van der Waals surface area contributed by atoms with Crippen molar-refractivity contribution in [3.05, 3.63) is 0 Å². The van der Waals surface area contributed by atoms with Crippen molar-refractivity contribution in [3.8, 4) is 0 Å². The number of likely N-dealkylation sites (tertiary alicyclic amines) is 1. The molecule has 21 heavy (non-hydrogen) atoms. The van der Waals surface area contributed by atoms with Crippen LogP contribution >= 0.6 is 0 Å². The SMILES string of the molecule is CC.CC.COCC1(CN2CCC3(CC2)CC3(F)F)CC1. The van der Waals surface area contributed by atoms with Crippen molar-refractivity contribution >= 4 is 0 Å². The molecule has 2 nitrogen and oxygen atoms in total. The van der Waals surface area contributed by atoms with E-state index in [-0.39, 0.29) is 6.42 Å². The smallest absolute Gasteiger partial charge is 0.254 e. The highest BCUT2D eigenvalue weighted by Gasteiger charge is 2.70. The molecule has 3 fully saturated rings. The lowest BCUT2D eigenvalue weighted by Crippen LogP contribution is -2.40. The third-order valence-corrected chi connectivity index (χ3v) is 4.99. The minimum Gasteiger partial charge on any atom is -0.384 e. The highest BCUT2D eigenvalue weighted by molar-refractivity contribution is 5.12. The molecule has 2 aliphatic carbocycles. The van der Waals surface area contributed by atoms with Crippen LogP contribution in [0.4, 0.5) is 8.78 Å². The molecule has 0 atom stereocenters. The Morgan fingerprint density at radius 2 is 1.43 bits per heavy atom. The summed E-state index contributed by atoms with van der Waals surface area (Å²) in [4.78, 5) is 2.37. The van der Waals surface area contributed by atoms with Gasteiger partial charge in [0.15, 0.2) is 0 Å². The average molecular weight is 305 g/mol. The third-order valence-electron chi connectivity index (χ3n) is 4.99. The number of ether oxygens (including phenoxy) is 1. The van der Waals surface area contributed by atoms with Gasteiger partial charge in [-0.05, 0) is 38.8 Å². The van der Waals surface area contributed by atoms with E-state index < -0.39 is 11.3 Å². The van der Waals surface area contributed by atoms with Crippen molar-refractivity contribution < 1.29 is 13.5 Å². The van der Waals surface area contributed by atoms with E-state index >= 15 is 0 Å². The van der Waals surface area contributed by atoms with Gasteiger partial charge in [0.1, 0.15) is 0 Å². The van der Waals surface area contributed by atoms with E-state index in [0.717, 1.165) is 26.2 Å². The monoisotopic (exact) mass is 305 g/mol. The first-order valence-corrected chi connectivity index (χ1v) is 8.60. The van der Waals surface area contributed by atoms with E-state index in [0.29, 0.717) is 18.3 Å². The minimum absolute atomic E-state index is 0.136. The summed E-state index contributed by atoms with van der Waals surface area (Å²) in [5, 5.41) is 0. The topological polar surface area (TPSA) is 12.5 Å². The lowest BCUT2D eigenvalue weighted by atomic mass is 9.92. The van der Waals surface area contributed by atoms with Gasteiger partial charge in [-0.2, -0.15) is 0 Å². The number of alkyl halides is 2. The Hall–Kier alpha value is -0.220. The molecule has 3 rings (SSSR count). The van der Waals surface area contributed by atoms with E-state index in [9.17, 15) is 8.78 Å². The lowest BCUT2D eigenvalue weighted by Gasteiger charge is -2.34. The van der Waals surface area contributed by atoms with Gasteiger partial charge in [-0.1, -0.05) is 27.7 Å². The number of nitrogens with zero attached hydrogens (tertiary/aromatic N) is 1. The van der Waals surface area contributed by atoms with Gasteiger partial charge in [-0.15, -0.1) is 0 Å². The molecule has 2 saturated carbocycles. The zero-order chi connectivity index (χ0) is 16.1. The van der Waals surface area contributed by atoms with E-state index in [2.05, 4.69) is 4.90 Å². The Labute approximate surface area is 129 Å². The van der Waals surface area contributed by atoms with Crippen molar-refractivity contribution in [1.29, 1.82) is 0 Å². The number of hydrogen-bond donors (Lipinski definition) is 0. The quantitative estimate of drug-likeness (QED) is 0.753. The lowest BCUT2D eigenvalue weighted by molar-refractivity contribution is 0.0226. The fourth-order valence-corrected chi connectivity index (χ4v) is 3.37. The van der Waals surface area contributed by atoms with Gasteiger partial charge in [-0.3, -0.25) is 0 Å². The molecule has 1 heterocycles. The number of rotatable bonds is 4. The van der Waals surface area contributed by atoms with Crippen LogP contribution in [0.2, 0.25) is 0 Å². The summed E-state index contributed by atoms with van der Waals surface area (Å²) in [6.45, 7) is 11.6. The van der Waals surface area contributed by atoms with E-state index in [1.807, 2.05) is 27.7 Å². The Bertz CT molecular complexity index is 308. The molecular formula is C17H33F2NO. The molecule has 0 aromatic heterocycles. The summed E-state index contributed by atoms with van der Waals surface area (Å²) in [5.41, 5.74) is -0.257. The molecule has 0 N–H and O–H groups in total. The van der Waals surface area contributed by atoms with Crippen molar-refractivity contribution in [2.75, 3.05) is 33.4 Å². The maximum Gasteiger partial charge on any atom is 0.254 e. The summed E-state index contributed by atoms with van der Waals surface area (Å²) >= 11 is 0. The number of methoxy groups -OCH3 is 1. The Kier molecular flexibility index (Phi) is 6.60. The van der Waals surface area contributed by atoms with Crippen molar-refractivity contribution in [1.82, 2.24) is 4.90 Å². The summed E-state index contributed by atoms with van der Waals surface area (Å²) in [6, 6.07) is 0. The average Bonchev–Trinajstić information content (AvgIpc) is 3.36. The van der Waals surface area contributed by atoms with Crippen LogP contribution in [0.1, 0.15) is 59.8 Å². The first-order valence-electron chi connectivity index (χ1n) is 8.60. The molecule has 1 saturated heterocycles. The summed E-state index contributed by atoms with van der Waals surface area (Å²) in [7, 11) is 1.75. The molecule has 3 aliphatic rings. The van der Waals surface area contributed by atoms with Gasteiger partial charge >= 0.3 is 0 Å². The molecule has 126 valence electrons. The second kappa shape index (κ2) is 7.36. The Morgan fingerprint density at radius 3 is 1.76 bits per heavy atom. The standard InChI is InChI=1S/C13H21F2NO.2C2H6/c1-17-10-11(2-3-11)9-16-6-4-12(5-7-16)8-13(12,14)15;2*1-2/h2-10H2,1H3;2*1-2H3. The Morgan fingerprint density at radius 1 is 0.952 bits per heavy atom. The maximum atomic E-state index is 13.2. The molecular weight excluding hydrogens is 272 g/mol.